The van der Waals surface area contributed by atoms with Crippen LogP contribution >= 0.6 is 15.9 Å². The van der Waals surface area contributed by atoms with Crippen LogP contribution in [-0.4, -0.2) is 26.8 Å². The Hall–Kier alpha value is -0.650. The molecule has 1 rings (SSSR count). The van der Waals surface area contributed by atoms with Crippen LogP contribution in [0.5, 0.6) is 0 Å². The molecule has 80 valence electrons. The van der Waals surface area contributed by atoms with Crippen LogP contribution in [0.1, 0.15) is 17.5 Å². The van der Waals surface area contributed by atoms with Gasteiger partial charge < -0.3 is 13.9 Å². The van der Waals surface area contributed by atoms with E-state index in [9.17, 15) is 4.79 Å². The molecular formula is C9H13BrO4. The third-order valence-corrected chi connectivity index (χ3v) is 1.80. The molecule has 0 radical (unpaired) electrons. The first-order chi connectivity index (χ1) is 6.63. The number of aldehydes is 1. The lowest BCUT2D eigenvalue weighted by Gasteiger charge is -2.03. The average molecular weight is 265 g/mol. The van der Waals surface area contributed by atoms with Crippen molar-refractivity contribution in [2.24, 2.45) is 0 Å². The van der Waals surface area contributed by atoms with E-state index in [-0.39, 0.29) is 6.29 Å². The lowest BCUT2D eigenvalue weighted by atomic mass is 10.5. The fourth-order valence-corrected chi connectivity index (χ4v) is 0.807. The third-order valence-electron chi connectivity index (χ3n) is 1.37. The van der Waals surface area contributed by atoms with Crippen molar-refractivity contribution in [3.8, 4) is 0 Å². The molecule has 0 aromatic carbocycles. The van der Waals surface area contributed by atoms with Crippen LogP contribution in [0.2, 0.25) is 0 Å². The van der Waals surface area contributed by atoms with Crippen molar-refractivity contribution >= 4 is 22.2 Å². The summed E-state index contributed by atoms with van der Waals surface area (Å²) in [6, 6.07) is 3.26. The standard InChI is InChI=1S/C5H3BrO2.C4H10O2/c6-5-2-1-4(3-7)8-5;1-4(5-2)6-3/h1-3H;4H,1-3H3. The zero-order valence-corrected chi connectivity index (χ0v) is 9.91. The summed E-state index contributed by atoms with van der Waals surface area (Å²) in [4.78, 5) is 9.91. The second-order valence-corrected chi connectivity index (χ2v) is 3.08. The van der Waals surface area contributed by atoms with Crippen molar-refractivity contribution < 1.29 is 18.7 Å². The number of rotatable bonds is 3. The molecule has 0 saturated heterocycles. The van der Waals surface area contributed by atoms with Gasteiger partial charge in [0.15, 0.2) is 23.0 Å². The van der Waals surface area contributed by atoms with Gasteiger partial charge in [0.05, 0.1) is 0 Å². The normalized spacial score (nSPS) is 9.50. The average Bonchev–Trinajstić information content (AvgIpc) is 2.64. The summed E-state index contributed by atoms with van der Waals surface area (Å²) in [5.41, 5.74) is 0. The highest BCUT2D eigenvalue weighted by molar-refractivity contribution is 9.10. The summed E-state index contributed by atoms with van der Waals surface area (Å²) in [6.07, 6.45) is 0.593. The largest absolute Gasteiger partial charge is 0.447 e. The van der Waals surface area contributed by atoms with E-state index >= 15 is 0 Å². The van der Waals surface area contributed by atoms with Crippen molar-refractivity contribution in [2.45, 2.75) is 13.2 Å². The molecule has 4 nitrogen and oxygen atoms in total. The van der Waals surface area contributed by atoms with E-state index in [1.54, 1.807) is 26.4 Å². The molecule has 0 atom stereocenters. The van der Waals surface area contributed by atoms with E-state index in [0.717, 1.165) is 0 Å². The highest BCUT2D eigenvalue weighted by Gasteiger charge is 1.93. The number of hydrogen-bond donors (Lipinski definition) is 0. The zero-order chi connectivity index (χ0) is 11.0. The molecule has 0 aliphatic carbocycles. The van der Waals surface area contributed by atoms with Crippen molar-refractivity contribution in [1.82, 2.24) is 0 Å². The van der Waals surface area contributed by atoms with Gasteiger partial charge in [-0.2, -0.15) is 0 Å². The van der Waals surface area contributed by atoms with Gasteiger partial charge in [0, 0.05) is 14.2 Å². The molecular weight excluding hydrogens is 252 g/mol. The predicted octanol–water partition coefficient (Wildman–Crippen LogP) is 2.48. The third kappa shape index (κ3) is 5.90. The lowest BCUT2D eigenvalue weighted by molar-refractivity contribution is -0.0877. The second kappa shape index (κ2) is 7.73. The molecule has 0 fully saturated rings. The van der Waals surface area contributed by atoms with Crippen molar-refractivity contribution in [3.63, 3.8) is 0 Å². The van der Waals surface area contributed by atoms with Crippen LogP contribution in [0.3, 0.4) is 0 Å². The minimum absolute atomic E-state index is 0.0648. The molecule has 0 bridgehead atoms. The van der Waals surface area contributed by atoms with Crippen LogP contribution < -0.4 is 0 Å². The number of methoxy groups -OCH3 is 2. The first-order valence-corrected chi connectivity index (χ1v) is 4.69. The van der Waals surface area contributed by atoms with E-state index in [4.69, 9.17) is 4.42 Å². The molecule has 0 aliphatic rings. The smallest absolute Gasteiger partial charge is 0.185 e. The number of hydrogen-bond acceptors (Lipinski definition) is 4. The van der Waals surface area contributed by atoms with Crippen molar-refractivity contribution in [2.75, 3.05) is 14.2 Å². The van der Waals surface area contributed by atoms with Crippen LogP contribution in [0.15, 0.2) is 21.2 Å². The van der Waals surface area contributed by atoms with Gasteiger partial charge in [-0.15, -0.1) is 0 Å². The highest BCUT2D eigenvalue weighted by Crippen LogP contribution is 2.11. The van der Waals surface area contributed by atoms with Crippen molar-refractivity contribution in [3.05, 3.63) is 22.6 Å². The summed E-state index contributed by atoms with van der Waals surface area (Å²) in [5, 5.41) is 0. The summed E-state index contributed by atoms with van der Waals surface area (Å²) < 4.78 is 14.7. The fourth-order valence-electron chi connectivity index (χ4n) is 0.488. The van der Waals surface area contributed by atoms with Gasteiger partial charge in [-0.1, -0.05) is 0 Å². The number of carbonyl (C=O) groups excluding carboxylic acids is 1. The summed E-state index contributed by atoms with van der Waals surface area (Å²) in [7, 11) is 3.21. The monoisotopic (exact) mass is 264 g/mol. The lowest BCUT2D eigenvalue weighted by Crippen LogP contribution is -2.05. The van der Waals surface area contributed by atoms with Gasteiger partial charge in [-0.3, -0.25) is 4.79 Å². The maximum absolute atomic E-state index is 9.91. The van der Waals surface area contributed by atoms with E-state index < -0.39 is 0 Å². The zero-order valence-electron chi connectivity index (χ0n) is 8.32. The van der Waals surface area contributed by atoms with E-state index in [0.29, 0.717) is 16.7 Å². The molecule has 0 N–H and O–H groups in total. The van der Waals surface area contributed by atoms with Gasteiger partial charge >= 0.3 is 0 Å². The first kappa shape index (κ1) is 13.4. The molecule has 14 heavy (non-hydrogen) atoms. The minimum atomic E-state index is -0.0648. The molecule has 0 spiro atoms. The molecule has 1 aromatic rings. The minimum Gasteiger partial charge on any atom is -0.447 e. The Morgan fingerprint density at radius 3 is 2.14 bits per heavy atom. The van der Waals surface area contributed by atoms with Gasteiger partial charge in [-0.05, 0) is 35.0 Å². The Morgan fingerprint density at radius 1 is 1.43 bits per heavy atom. The summed E-state index contributed by atoms with van der Waals surface area (Å²) in [6.45, 7) is 1.83. The SMILES string of the molecule is COC(C)OC.O=Cc1ccc(Br)o1. The Labute approximate surface area is 91.3 Å². The Morgan fingerprint density at radius 2 is 2.00 bits per heavy atom. The number of halogens is 1. The summed E-state index contributed by atoms with van der Waals surface area (Å²) in [5.74, 6) is 0.344. The number of furan rings is 1. The number of ether oxygens (including phenoxy) is 2. The first-order valence-electron chi connectivity index (χ1n) is 3.90. The van der Waals surface area contributed by atoms with Gasteiger partial charge in [0.2, 0.25) is 0 Å². The van der Waals surface area contributed by atoms with Crippen LogP contribution in [0, 0.1) is 0 Å². The Balaban J connectivity index is 0.000000255. The fraction of sp³-hybridized carbons (Fsp3) is 0.444. The maximum Gasteiger partial charge on any atom is 0.185 e. The van der Waals surface area contributed by atoms with E-state index in [1.165, 1.54) is 0 Å². The van der Waals surface area contributed by atoms with E-state index in [2.05, 4.69) is 25.4 Å². The van der Waals surface area contributed by atoms with E-state index in [1.807, 2.05) is 6.92 Å². The molecule has 0 amide bonds. The predicted molar refractivity (Wildman–Crippen MR) is 55.3 cm³/mol. The maximum atomic E-state index is 9.91. The number of carbonyl (C=O) groups is 1. The van der Waals surface area contributed by atoms with Gasteiger partial charge in [0.25, 0.3) is 0 Å². The highest BCUT2D eigenvalue weighted by atomic mass is 79.9. The topological polar surface area (TPSA) is 48.7 Å². The molecule has 0 aliphatic heterocycles. The second-order valence-electron chi connectivity index (χ2n) is 2.30. The van der Waals surface area contributed by atoms with Gasteiger partial charge in [0.1, 0.15) is 0 Å². The molecule has 0 unspecified atom stereocenters. The molecule has 5 heteroatoms. The molecule has 0 saturated carbocycles. The quantitative estimate of drug-likeness (QED) is 0.622. The molecule has 1 heterocycles. The van der Waals surface area contributed by atoms with Crippen LogP contribution in [0.4, 0.5) is 0 Å². The molecule has 1 aromatic heterocycles. The summed E-state index contributed by atoms with van der Waals surface area (Å²) >= 11 is 3.05. The Bertz CT molecular complexity index is 255. The van der Waals surface area contributed by atoms with Gasteiger partial charge in [-0.25, -0.2) is 0 Å². The van der Waals surface area contributed by atoms with Crippen LogP contribution in [0.25, 0.3) is 0 Å². The Kier molecular flexibility index (Phi) is 7.37. The van der Waals surface area contributed by atoms with Crippen molar-refractivity contribution in [1.29, 1.82) is 0 Å². The van der Waals surface area contributed by atoms with Crippen LogP contribution in [-0.2, 0) is 9.47 Å².